The predicted octanol–water partition coefficient (Wildman–Crippen LogP) is 3.70. The van der Waals surface area contributed by atoms with Crippen molar-refractivity contribution in [3.05, 3.63) is 58.1 Å². The van der Waals surface area contributed by atoms with Crippen molar-refractivity contribution in [3.63, 3.8) is 0 Å². The maximum atomic E-state index is 12.4. The number of carbonyl (C=O) groups excluding carboxylic acids is 1. The standard InChI is InChI=1S/C17H19BrN2O3S/c1-11(2)20-24(22,23)15-6-4-5-13(9-15)17(21)19-14-8-7-12(3)16(18)10-14/h4-11,20H,1-3H3,(H,19,21). The molecule has 0 fully saturated rings. The van der Waals surface area contributed by atoms with E-state index < -0.39 is 10.0 Å². The Bertz CT molecular complexity index is 864. The number of halogens is 1. The number of nitrogens with one attached hydrogen (secondary N) is 2. The van der Waals surface area contributed by atoms with Gasteiger partial charge in [0.1, 0.15) is 0 Å². The highest BCUT2D eigenvalue weighted by atomic mass is 79.9. The first-order valence-electron chi connectivity index (χ1n) is 7.39. The van der Waals surface area contributed by atoms with Crippen molar-refractivity contribution in [1.82, 2.24) is 4.72 Å². The van der Waals surface area contributed by atoms with Crippen molar-refractivity contribution in [2.24, 2.45) is 0 Å². The first-order chi connectivity index (χ1) is 11.2. The van der Waals surface area contributed by atoms with Crippen molar-refractivity contribution in [3.8, 4) is 0 Å². The Kier molecular flexibility index (Phi) is 5.79. The summed E-state index contributed by atoms with van der Waals surface area (Å²) in [6, 6.07) is 11.2. The molecule has 2 rings (SSSR count). The smallest absolute Gasteiger partial charge is 0.255 e. The quantitative estimate of drug-likeness (QED) is 0.788. The Morgan fingerprint density at radius 1 is 1.12 bits per heavy atom. The molecule has 0 spiro atoms. The lowest BCUT2D eigenvalue weighted by molar-refractivity contribution is 0.102. The minimum Gasteiger partial charge on any atom is -0.322 e. The van der Waals surface area contributed by atoms with Crippen LogP contribution >= 0.6 is 15.9 Å². The molecule has 24 heavy (non-hydrogen) atoms. The number of hydrogen-bond acceptors (Lipinski definition) is 3. The predicted molar refractivity (Wildman–Crippen MR) is 98.7 cm³/mol. The third kappa shape index (κ3) is 4.66. The highest BCUT2D eigenvalue weighted by Gasteiger charge is 2.17. The summed E-state index contributed by atoms with van der Waals surface area (Å²) in [5.74, 6) is -0.368. The van der Waals surface area contributed by atoms with Crippen LogP contribution in [0.4, 0.5) is 5.69 Å². The van der Waals surface area contributed by atoms with Crippen LogP contribution in [0.25, 0.3) is 0 Å². The average Bonchev–Trinajstić information content (AvgIpc) is 2.50. The number of rotatable bonds is 5. The van der Waals surface area contributed by atoms with E-state index in [-0.39, 0.29) is 22.4 Å². The van der Waals surface area contributed by atoms with Crippen LogP contribution in [-0.2, 0) is 10.0 Å². The van der Waals surface area contributed by atoms with E-state index in [4.69, 9.17) is 0 Å². The molecule has 1 amide bonds. The highest BCUT2D eigenvalue weighted by molar-refractivity contribution is 9.10. The molecule has 0 aliphatic carbocycles. The van der Waals surface area contributed by atoms with Gasteiger partial charge in [-0.3, -0.25) is 4.79 Å². The van der Waals surface area contributed by atoms with E-state index in [1.54, 1.807) is 38.1 Å². The van der Waals surface area contributed by atoms with Crippen molar-refractivity contribution < 1.29 is 13.2 Å². The number of sulfonamides is 1. The SMILES string of the molecule is Cc1ccc(NC(=O)c2cccc(S(=O)(=O)NC(C)C)c2)cc1Br. The van der Waals surface area contributed by atoms with E-state index in [0.717, 1.165) is 10.0 Å². The highest BCUT2D eigenvalue weighted by Crippen LogP contribution is 2.21. The molecule has 2 aromatic rings. The zero-order valence-corrected chi connectivity index (χ0v) is 16.0. The van der Waals surface area contributed by atoms with Gasteiger partial charge in [-0.05, 0) is 56.7 Å². The van der Waals surface area contributed by atoms with Crippen molar-refractivity contribution in [2.75, 3.05) is 5.32 Å². The summed E-state index contributed by atoms with van der Waals surface area (Å²) >= 11 is 3.41. The molecule has 2 N–H and O–H groups in total. The van der Waals surface area contributed by atoms with Crippen LogP contribution in [0.3, 0.4) is 0 Å². The Balaban J connectivity index is 2.24. The number of anilines is 1. The fourth-order valence-electron chi connectivity index (χ4n) is 2.06. The third-order valence-electron chi connectivity index (χ3n) is 3.23. The lowest BCUT2D eigenvalue weighted by atomic mass is 10.2. The van der Waals surface area contributed by atoms with Gasteiger partial charge in [-0.15, -0.1) is 0 Å². The maximum absolute atomic E-state index is 12.4. The molecule has 0 saturated heterocycles. The van der Waals surface area contributed by atoms with Crippen LogP contribution in [0, 0.1) is 6.92 Å². The van der Waals surface area contributed by atoms with E-state index in [1.165, 1.54) is 12.1 Å². The molecular weight excluding hydrogens is 392 g/mol. The summed E-state index contributed by atoms with van der Waals surface area (Å²) in [6.45, 7) is 5.43. The van der Waals surface area contributed by atoms with Gasteiger partial charge in [-0.2, -0.15) is 0 Å². The van der Waals surface area contributed by atoms with E-state index in [2.05, 4.69) is 26.0 Å². The van der Waals surface area contributed by atoms with Gasteiger partial charge >= 0.3 is 0 Å². The van der Waals surface area contributed by atoms with Crippen LogP contribution in [0.5, 0.6) is 0 Å². The molecule has 128 valence electrons. The third-order valence-corrected chi connectivity index (χ3v) is 5.74. The second-order valence-electron chi connectivity index (χ2n) is 5.72. The molecule has 0 aliphatic rings. The summed E-state index contributed by atoms with van der Waals surface area (Å²) in [7, 11) is -3.64. The molecule has 0 aliphatic heterocycles. The van der Waals surface area contributed by atoms with Gasteiger partial charge in [-0.1, -0.05) is 28.1 Å². The number of aryl methyl sites for hydroxylation is 1. The van der Waals surface area contributed by atoms with Crippen molar-refractivity contribution in [1.29, 1.82) is 0 Å². The van der Waals surface area contributed by atoms with Gasteiger partial charge in [-0.25, -0.2) is 13.1 Å². The van der Waals surface area contributed by atoms with E-state index >= 15 is 0 Å². The zero-order valence-electron chi connectivity index (χ0n) is 13.6. The summed E-state index contributed by atoms with van der Waals surface area (Å²) in [4.78, 5) is 12.4. The molecule has 0 heterocycles. The summed E-state index contributed by atoms with van der Waals surface area (Å²) < 4.78 is 27.8. The lowest BCUT2D eigenvalue weighted by Gasteiger charge is -2.11. The van der Waals surface area contributed by atoms with Gasteiger partial charge in [0.25, 0.3) is 5.91 Å². The van der Waals surface area contributed by atoms with Gasteiger partial charge in [0.15, 0.2) is 0 Å². The van der Waals surface area contributed by atoms with E-state index in [1.807, 2.05) is 13.0 Å². The fraction of sp³-hybridized carbons (Fsp3) is 0.235. The monoisotopic (exact) mass is 410 g/mol. The first-order valence-corrected chi connectivity index (χ1v) is 9.66. The number of amides is 1. The van der Waals surface area contributed by atoms with E-state index in [9.17, 15) is 13.2 Å². The largest absolute Gasteiger partial charge is 0.322 e. The molecule has 0 bridgehead atoms. The molecule has 0 unspecified atom stereocenters. The van der Waals surface area contributed by atoms with Gasteiger partial charge in [0.05, 0.1) is 4.90 Å². The molecule has 0 aromatic heterocycles. The molecule has 7 heteroatoms. The number of carbonyl (C=O) groups is 1. The molecule has 0 saturated carbocycles. The lowest BCUT2D eigenvalue weighted by Crippen LogP contribution is -2.30. The van der Waals surface area contributed by atoms with Gasteiger partial charge < -0.3 is 5.32 Å². The summed E-state index contributed by atoms with van der Waals surface area (Å²) in [5.41, 5.74) is 1.96. The van der Waals surface area contributed by atoms with Gasteiger partial charge in [0, 0.05) is 21.8 Å². The van der Waals surface area contributed by atoms with E-state index in [0.29, 0.717) is 5.69 Å². The van der Waals surface area contributed by atoms with Crippen LogP contribution < -0.4 is 10.0 Å². The summed E-state index contributed by atoms with van der Waals surface area (Å²) in [6.07, 6.45) is 0. The first kappa shape index (κ1) is 18.6. The summed E-state index contributed by atoms with van der Waals surface area (Å²) in [5, 5.41) is 2.76. The van der Waals surface area contributed by atoms with Crippen molar-refractivity contribution >= 4 is 37.5 Å². The van der Waals surface area contributed by atoms with Crippen LogP contribution in [0.1, 0.15) is 29.8 Å². The average molecular weight is 411 g/mol. The van der Waals surface area contributed by atoms with Crippen LogP contribution in [0.2, 0.25) is 0 Å². The molecular formula is C17H19BrN2O3S. The normalized spacial score (nSPS) is 11.5. The second kappa shape index (κ2) is 7.46. The molecule has 0 atom stereocenters. The number of benzene rings is 2. The fourth-order valence-corrected chi connectivity index (χ4v) is 3.73. The molecule has 5 nitrogen and oxygen atoms in total. The van der Waals surface area contributed by atoms with Gasteiger partial charge in [0.2, 0.25) is 10.0 Å². The minimum absolute atomic E-state index is 0.0638. The van der Waals surface area contributed by atoms with Crippen LogP contribution in [0.15, 0.2) is 51.8 Å². The van der Waals surface area contributed by atoms with Crippen molar-refractivity contribution in [2.45, 2.75) is 31.7 Å². The Morgan fingerprint density at radius 3 is 2.46 bits per heavy atom. The Hall–Kier alpha value is -1.70. The Labute approximate surface area is 150 Å². The molecule has 2 aromatic carbocycles. The topological polar surface area (TPSA) is 75.3 Å². The molecule has 0 radical (unpaired) electrons. The Morgan fingerprint density at radius 2 is 1.83 bits per heavy atom. The minimum atomic E-state index is -3.64. The second-order valence-corrected chi connectivity index (χ2v) is 8.29. The maximum Gasteiger partial charge on any atom is 0.255 e. The van der Waals surface area contributed by atoms with Crippen LogP contribution in [-0.4, -0.2) is 20.4 Å². The number of hydrogen-bond donors (Lipinski definition) is 2. The zero-order chi connectivity index (χ0) is 17.9.